The summed E-state index contributed by atoms with van der Waals surface area (Å²) >= 11 is 0. The fourth-order valence-electron chi connectivity index (χ4n) is 2.59. The fourth-order valence-corrected chi connectivity index (χ4v) is 2.59. The standard InChI is InChI=1S/C16H18N4O3/c1-10-2-3-11(15(17)21)6-13(10)16(22)19-8-12-7-18-14-9-23-5-4-20(12)14/h2-3,6-7H,4-5,8-9H2,1H3,(H2,17,21)(H,19,22). The van der Waals surface area contributed by atoms with Crippen LogP contribution >= 0.6 is 0 Å². The third kappa shape index (κ3) is 3.09. The molecule has 0 saturated heterocycles. The monoisotopic (exact) mass is 314 g/mol. The van der Waals surface area contributed by atoms with Crippen LogP contribution in [0.3, 0.4) is 0 Å². The molecule has 1 aromatic heterocycles. The van der Waals surface area contributed by atoms with Crippen LogP contribution in [0, 0.1) is 6.92 Å². The van der Waals surface area contributed by atoms with Crippen molar-refractivity contribution in [1.82, 2.24) is 14.9 Å². The van der Waals surface area contributed by atoms with E-state index in [0.717, 1.165) is 23.6 Å². The number of nitrogens with zero attached hydrogens (tertiary/aromatic N) is 2. The molecule has 2 heterocycles. The molecule has 0 radical (unpaired) electrons. The van der Waals surface area contributed by atoms with Gasteiger partial charge in [-0.05, 0) is 24.6 Å². The highest BCUT2D eigenvalue weighted by atomic mass is 16.5. The van der Waals surface area contributed by atoms with Gasteiger partial charge in [0.15, 0.2) is 0 Å². The Kier molecular flexibility index (Phi) is 4.12. The highest BCUT2D eigenvalue weighted by molar-refractivity contribution is 6.00. The van der Waals surface area contributed by atoms with E-state index in [1.807, 2.05) is 6.92 Å². The summed E-state index contributed by atoms with van der Waals surface area (Å²) in [6.45, 7) is 4.05. The first-order valence-electron chi connectivity index (χ1n) is 7.36. The molecule has 23 heavy (non-hydrogen) atoms. The normalized spacial score (nSPS) is 13.4. The zero-order valence-electron chi connectivity index (χ0n) is 12.8. The minimum absolute atomic E-state index is 0.242. The molecule has 0 unspecified atom stereocenters. The van der Waals surface area contributed by atoms with Crippen molar-refractivity contribution >= 4 is 11.8 Å². The second kappa shape index (κ2) is 6.21. The average Bonchev–Trinajstić information content (AvgIpc) is 2.96. The molecule has 0 aliphatic carbocycles. The van der Waals surface area contributed by atoms with Gasteiger partial charge >= 0.3 is 0 Å². The lowest BCUT2D eigenvalue weighted by molar-refractivity contribution is 0.0802. The Balaban J connectivity index is 1.74. The summed E-state index contributed by atoms with van der Waals surface area (Å²) < 4.78 is 7.39. The minimum atomic E-state index is -0.552. The van der Waals surface area contributed by atoms with E-state index in [0.29, 0.717) is 30.9 Å². The van der Waals surface area contributed by atoms with E-state index in [4.69, 9.17) is 10.5 Å². The first-order valence-corrected chi connectivity index (χ1v) is 7.36. The molecule has 1 aromatic carbocycles. The molecule has 3 N–H and O–H groups in total. The van der Waals surface area contributed by atoms with Crippen LogP contribution in [0.1, 0.15) is 37.8 Å². The molecule has 120 valence electrons. The number of imidazole rings is 1. The number of fused-ring (bicyclic) bond motifs is 1. The van der Waals surface area contributed by atoms with E-state index in [2.05, 4.69) is 14.9 Å². The highest BCUT2D eigenvalue weighted by Crippen LogP contribution is 2.13. The SMILES string of the molecule is Cc1ccc(C(N)=O)cc1C(=O)NCc1cnc2n1CCOC2. The van der Waals surface area contributed by atoms with Crippen LogP contribution in [-0.2, 0) is 24.4 Å². The number of carbonyl (C=O) groups is 2. The van der Waals surface area contributed by atoms with Crippen molar-refractivity contribution in [2.45, 2.75) is 26.6 Å². The van der Waals surface area contributed by atoms with Gasteiger partial charge in [-0.15, -0.1) is 0 Å². The van der Waals surface area contributed by atoms with Crippen LogP contribution in [0.25, 0.3) is 0 Å². The van der Waals surface area contributed by atoms with Crippen molar-refractivity contribution in [3.05, 3.63) is 52.6 Å². The first-order chi connectivity index (χ1) is 11.1. The summed E-state index contributed by atoms with van der Waals surface area (Å²) in [5, 5.41) is 2.87. The van der Waals surface area contributed by atoms with Crippen LogP contribution in [0.15, 0.2) is 24.4 Å². The summed E-state index contributed by atoms with van der Waals surface area (Å²) in [5.74, 6) is 0.0736. The summed E-state index contributed by atoms with van der Waals surface area (Å²) in [4.78, 5) is 27.9. The number of hydrogen-bond donors (Lipinski definition) is 2. The number of nitrogens with one attached hydrogen (secondary N) is 1. The molecule has 0 atom stereocenters. The quantitative estimate of drug-likeness (QED) is 0.870. The molecule has 1 aliphatic heterocycles. The second-order valence-electron chi connectivity index (χ2n) is 5.45. The van der Waals surface area contributed by atoms with Gasteiger partial charge < -0.3 is 20.4 Å². The average molecular weight is 314 g/mol. The number of aromatic nitrogens is 2. The predicted octanol–water partition coefficient (Wildman–Crippen LogP) is 0.751. The number of aryl methyl sites for hydroxylation is 1. The second-order valence-corrected chi connectivity index (χ2v) is 5.45. The smallest absolute Gasteiger partial charge is 0.251 e. The lowest BCUT2D eigenvalue weighted by Crippen LogP contribution is -2.27. The van der Waals surface area contributed by atoms with Crippen LogP contribution in [0.2, 0.25) is 0 Å². The molecule has 0 bridgehead atoms. The van der Waals surface area contributed by atoms with Crippen molar-refractivity contribution in [2.75, 3.05) is 6.61 Å². The van der Waals surface area contributed by atoms with E-state index >= 15 is 0 Å². The van der Waals surface area contributed by atoms with Crippen molar-refractivity contribution < 1.29 is 14.3 Å². The molecule has 2 aromatic rings. The lowest BCUT2D eigenvalue weighted by atomic mass is 10.0. The van der Waals surface area contributed by atoms with Crippen molar-refractivity contribution in [1.29, 1.82) is 0 Å². The van der Waals surface area contributed by atoms with E-state index in [-0.39, 0.29) is 5.91 Å². The molecule has 7 heteroatoms. The molecule has 1 aliphatic rings. The van der Waals surface area contributed by atoms with Crippen molar-refractivity contribution in [2.24, 2.45) is 5.73 Å². The first kappa shape index (κ1) is 15.2. The molecule has 3 rings (SSSR count). The number of primary amides is 1. The van der Waals surface area contributed by atoms with Gasteiger partial charge in [0.05, 0.1) is 25.0 Å². The Bertz CT molecular complexity index is 767. The van der Waals surface area contributed by atoms with Crippen LogP contribution in [0.5, 0.6) is 0 Å². The van der Waals surface area contributed by atoms with Crippen LogP contribution in [-0.4, -0.2) is 28.0 Å². The number of rotatable bonds is 4. The summed E-state index contributed by atoms with van der Waals surface area (Å²) in [6.07, 6.45) is 1.75. The van der Waals surface area contributed by atoms with Crippen LogP contribution in [0.4, 0.5) is 0 Å². The summed E-state index contributed by atoms with van der Waals surface area (Å²) in [5.41, 5.74) is 7.75. The third-order valence-corrected chi connectivity index (χ3v) is 3.91. The van der Waals surface area contributed by atoms with Gasteiger partial charge in [-0.1, -0.05) is 6.07 Å². The van der Waals surface area contributed by atoms with Gasteiger partial charge in [0, 0.05) is 17.7 Å². The van der Waals surface area contributed by atoms with Crippen LogP contribution < -0.4 is 11.1 Å². The van der Waals surface area contributed by atoms with Gasteiger partial charge in [0.1, 0.15) is 12.4 Å². The third-order valence-electron chi connectivity index (χ3n) is 3.91. The highest BCUT2D eigenvalue weighted by Gasteiger charge is 2.16. The molecule has 2 amide bonds. The van der Waals surface area contributed by atoms with E-state index in [9.17, 15) is 9.59 Å². The zero-order valence-corrected chi connectivity index (χ0v) is 12.8. The number of amides is 2. The Morgan fingerprint density at radius 1 is 1.43 bits per heavy atom. The Morgan fingerprint density at radius 2 is 2.26 bits per heavy atom. The topological polar surface area (TPSA) is 99.2 Å². The van der Waals surface area contributed by atoms with Crippen molar-refractivity contribution in [3.63, 3.8) is 0 Å². The Morgan fingerprint density at radius 3 is 3.04 bits per heavy atom. The maximum Gasteiger partial charge on any atom is 0.251 e. The maximum atomic E-state index is 12.4. The van der Waals surface area contributed by atoms with Gasteiger partial charge in [-0.2, -0.15) is 0 Å². The Hall–Kier alpha value is -2.67. The number of ether oxygens (including phenoxy) is 1. The number of hydrogen-bond acceptors (Lipinski definition) is 4. The number of benzene rings is 1. The molecule has 0 fully saturated rings. The minimum Gasteiger partial charge on any atom is -0.372 e. The van der Waals surface area contributed by atoms with Gasteiger partial charge in [-0.3, -0.25) is 9.59 Å². The van der Waals surface area contributed by atoms with E-state index < -0.39 is 5.91 Å². The van der Waals surface area contributed by atoms with E-state index in [1.165, 1.54) is 6.07 Å². The van der Waals surface area contributed by atoms with Crippen molar-refractivity contribution in [3.8, 4) is 0 Å². The van der Waals surface area contributed by atoms with Gasteiger partial charge in [0.25, 0.3) is 5.91 Å². The predicted molar refractivity (Wildman–Crippen MR) is 82.8 cm³/mol. The molecule has 0 spiro atoms. The molecule has 7 nitrogen and oxygen atoms in total. The lowest BCUT2D eigenvalue weighted by Gasteiger charge is -2.17. The number of carbonyl (C=O) groups excluding carboxylic acids is 2. The maximum absolute atomic E-state index is 12.4. The fraction of sp³-hybridized carbons (Fsp3) is 0.312. The van der Waals surface area contributed by atoms with Gasteiger partial charge in [-0.25, -0.2) is 4.98 Å². The Labute approximate surface area is 133 Å². The largest absolute Gasteiger partial charge is 0.372 e. The van der Waals surface area contributed by atoms with E-state index in [1.54, 1.807) is 18.3 Å². The molecular formula is C16H18N4O3. The summed E-state index contributed by atoms with van der Waals surface area (Å²) in [7, 11) is 0. The zero-order chi connectivity index (χ0) is 16.4. The molecule has 0 saturated carbocycles. The molecular weight excluding hydrogens is 296 g/mol. The summed E-state index contributed by atoms with van der Waals surface area (Å²) in [6, 6.07) is 4.85. The van der Waals surface area contributed by atoms with Gasteiger partial charge in [0.2, 0.25) is 5.91 Å². The number of nitrogens with two attached hydrogens (primary N) is 1.